The topological polar surface area (TPSA) is 104 Å². The van der Waals surface area contributed by atoms with E-state index in [9.17, 15) is 18.4 Å². The lowest BCUT2D eigenvalue weighted by Gasteiger charge is -2.09. The van der Waals surface area contributed by atoms with Crippen LogP contribution in [-0.2, 0) is 0 Å². The summed E-state index contributed by atoms with van der Waals surface area (Å²) in [6.07, 6.45) is 0. The molecule has 0 heterocycles. The predicted molar refractivity (Wildman–Crippen MR) is 59.4 cm³/mol. The smallest absolute Gasteiger partial charge is 0.338 e. The molecule has 0 radical (unpaired) electrons. The lowest BCUT2D eigenvalue weighted by molar-refractivity contribution is 0.0692. The van der Waals surface area contributed by atoms with E-state index in [-0.39, 0.29) is 13.1 Å². The van der Waals surface area contributed by atoms with E-state index in [0.29, 0.717) is 12.1 Å². The van der Waals surface area contributed by atoms with E-state index in [0.717, 1.165) is 0 Å². The van der Waals surface area contributed by atoms with Gasteiger partial charge in [-0.2, -0.15) is 0 Å². The molecule has 8 heteroatoms. The summed E-state index contributed by atoms with van der Waals surface area (Å²) in [6, 6.07) is 0.333. The van der Waals surface area contributed by atoms with Crippen LogP contribution in [0.1, 0.15) is 10.4 Å². The zero-order valence-corrected chi connectivity index (χ0v) is 9.17. The number of amides is 2. The fourth-order valence-electron chi connectivity index (χ4n) is 1.16. The first-order valence-corrected chi connectivity index (χ1v) is 4.93. The SMILES string of the molecule is NCCNC(=O)Nc1cc(C(=O)O)c(F)cc1F. The molecule has 0 bridgehead atoms. The third-order valence-corrected chi connectivity index (χ3v) is 1.97. The number of anilines is 1. The van der Waals surface area contributed by atoms with Gasteiger partial charge in [-0.25, -0.2) is 18.4 Å². The molecule has 0 aliphatic rings. The molecular formula is C10H11F2N3O3. The van der Waals surface area contributed by atoms with Gasteiger partial charge in [-0.05, 0) is 6.07 Å². The number of hydrogen-bond donors (Lipinski definition) is 4. The van der Waals surface area contributed by atoms with E-state index in [1.165, 1.54) is 0 Å². The van der Waals surface area contributed by atoms with E-state index in [1.807, 2.05) is 0 Å². The molecule has 1 aromatic carbocycles. The molecule has 1 aromatic rings. The number of urea groups is 1. The van der Waals surface area contributed by atoms with Crippen LogP contribution in [0.2, 0.25) is 0 Å². The Morgan fingerprint density at radius 2 is 1.94 bits per heavy atom. The minimum atomic E-state index is -1.56. The average Bonchev–Trinajstić information content (AvgIpc) is 2.29. The molecule has 18 heavy (non-hydrogen) atoms. The Morgan fingerprint density at radius 1 is 1.28 bits per heavy atom. The Bertz CT molecular complexity index is 480. The van der Waals surface area contributed by atoms with E-state index < -0.39 is 34.9 Å². The number of carboxylic acid groups (broad SMARTS) is 1. The third-order valence-electron chi connectivity index (χ3n) is 1.97. The van der Waals surface area contributed by atoms with Crippen LogP contribution >= 0.6 is 0 Å². The van der Waals surface area contributed by atoms with Crippen LogP contribution in [0.5, 0.6) is 0 Å². The second-order valence-electron chi connectivity index (χ2n) is 3.29. The molecule has 0 fully saturated rings. The largest absolute Gasteiger partial charge is 0.478 e. The summed E-state index contributed by atoms with van der Waals surface area (Å²) >= 11 is 0. The van der Waals surface area contributed by atoms with Crippen molar-refractivity contribution in [3.05, 3.63) is 29.3 Å². The molecular weight excluding hydrogens is 248 g/mol. The molecule has 0 aliphatic heterocycles. The van der Waals surface area contributed by atoms with Gasteiger partial charge in [0.1, 0.15) is 11.6 Å². The van der Waals surface area contributed by atoms with Gasteiger partial charge < -0.3 is 21.5 Å². The van der Waals surface area contributed by atoms with Gasteiger partial charge in [0, 0.05) is 19.2 Å². The number of halogens is 2. The van der Waals surface area contributed by atoms with Crippen molar-refractivity contribution in [2.24, 2.45) is 5.73 Å². The highest BCUT2D eigenvalue weighted by atomic mass is 19.1. The molecule has 0 saturated heterocycles. The van der Waals surface area contributed by atoms with Crippen molar-refractivity contribution in [3.63, 3.8) is 0 Å². The van der Waals surface area contributed by atoms with Crippen LogP contribution in [0.3, 0.4) is 0 Å². The molecule has 0 unspecified atom stereocenters. The van der Waals surface area contributed by atoms with Crippen LogP contribution in [0, 0.1) is 11.6 Å². The van der Waals surface area contributed by atoms with Crippen molar-refractivity contribution >= 4 is 17.7 Å². The minimum Gasteiger partial charge on any atom is -0.478 e. The van der Waals surface area contributed by atoms with Crippen molar-refractivity contribution in [2.45, 2.75) is 0 Å². The number of nitrogens with two attached hydrogens (primary N) is 1. The summed E-state index contributed by atoms with van der Waals surface area (Å²) in [6.45, 7) is 0.361. The van der Waals surface area contributed by atoms with Gasteiger partial charge in [0.2, 0.25) is 0 Å². The fraction of sp³-hybridized carbons (Fsp3) is 0.200. The quantitative estimate of drug-likeness (QED) is 0.640. The molecule has 0 spiro atoms. The molecule has 1 rings (SSSR count). The predicted octanol–water partition coefficient (Wildman–Crippen LogP) is 0.743. The monoisotopic (exact) mass is 259 g/mol. The summed E-state index contributed by atoms with van der Waals surface area (Å²) in [4.78, 5) is 21.8. The maximum Gasteiger partial charge on any atom is 0.338 e. The number of rotatable bonds is 4. The van der Waals surface area contributed by atoms with E-state index in [1.54, 1.807) is 0 Å². The first-order chi connectivity index (χ1) is 8.45. The van der Waals surface area contributed by atoms with Gasteiger partial charge in [-0.1, -0.05) is 0 Å². The normalized spacial score (nSPS) is 9.94. The lowest BCUT2D eigenvalue weighted by Crippen LogP contribution is -2.33. The first-order valence-electron chi connectivity index (χ1n) is 4.93. The van der Waals surface area contributed by atoms with Gasteiger partial charge in [0.15, 0.2) is 0 Å². The molecule has 2 amide bonds. The van der Waals surface area contributed by atoms with E-state index >= 15 is 0 Å². The van der Waals surface area contributed by atoms with E-state index in [4.69, 9.17) is 10.8 Å². The average molecular weight is 259 g/mol. The minimum absolute atomic E-state index is 0.167. The summed E-state index contributed by atoms with van der Waals surface area (Å²) in [5, 5.41) is 13.0. The lowest BCUT2D eigenvalue weighted by atomic mass is 10.2. The second kappa shape index (κ2) is 5.92. The number of carboxylic acids is 1. The highest BCUT2D eigenvalue weighted by Crippen LogP contribution is 2.19. The molecule has 0 atom stereocenters. The molecule has 5 N–H and O–H groups in total. The number of nitrogens with one attached hydrogen (secondary N) is 2. The number of carbonyl (C=O) groups excluding carboxylic acids is 1. The number of hydrogen-bond acceptors (Lipinski definition) is 3. The Balaban J connectivity index is 2.92. The Labute approximate surface area is 101 Å². The van der Waals surface area contributed by atoms with Crippen molar-refractivity contribution in [1.29, 1.82) is 0 Å². The van der Waals surface area contributed by atoms with Crippen LogP contribution in [0.4, 0.5) is 19.3 Å². The van der Waals surface area contributed by atoms with Gasteiger partial charge in [0.05, 0.1) is 11.3 Å². The Morgan fingerprint density at radius 3 is 2.50 bits per heavy atom. The zero-order chi connectivity index (χ0) is 13.7. The van der Waals surface area contributed by atoms with Crippen molar-refractivity contribution in [3.8, 4) is 0 Å². The number of benzene rings is 1. The molecule has 98 valence electrons. The third kappa shape index (κ3) is 3.39. The van der Waals surface area contributed by atoms with Gasteiger partial charge >= 0.3 is 12.0 Å². The van der Waals surface area contributed by atoms with Crippen LogP contribution in [0.25, 0.3) is 0 Å². The van der Waals surface area contributed by atoms with Crippen molar-refractivity contribution in [1.82, 2.24) is 5.32 Å². The Kier molecular flexibility index (Phi) is 4.55. The van der Waals surface area contributed by atoms with Gasteiger partial charge in [-0.15, -0.1) is 0 Å². The molecule has 6 nitrogen and oxygen atoms in total. The summed E-state index contributed by atoms with van der Waals surface area (Å²) in [7, 11) is 0. The maximum absolute atomic E-state index is 13.3. The van der Waals surface area contributed by atoms with Crippen molar-refractivity contribution < 1.29 is 23.5 Å². The number of carbonyl (C=O) groups is 2. The Hall–Kier alpha value is -2.22. The van der Waals surface area contributed by atoms with Gasteiger partial charge in [0.25, 0.3) is 0 Å². The summed E-state index contributed by atoms with van der Waals surface area (Å²) < 4.78 is 26.3. The van der Waals surface area contributed by atoms with Crippen LogP contribution < -0.4 is 16.4 Å². The fourth-order valence-corrected chi connectivity index (χ4v) is 1.16. The standard InChI is InChI=1S/C10H11F2N3O3/c11-6-4-7(12)8(3-5(6)9(16)17)15-10(18)14-2-1-13/h3-4H,1-2,13H2,(H,16,17)(H2,14,15,18). The van der Waals surface area contributed by atoms with E-state index in [2.05, 4.69) is 10.6 Å². The van der Waals surface area contributed by atoms with Crippen LogP contribution in [-0.4, -0.2) is 30.2 Å². The number of aromatic carboxylic acids is 1. The molecule has 0 aliphatic carbocycles. The highest BCUT2D eigenvalue weighted by Gasteiger charge is 2.16. The summed E-state index contributed by atoms with van der Waals surface area (Å²) in [5.41, 5.74) is 3.98. The van der Waals surface area contributed by atoms with Crippen molar-refractivity contribution in [2.75, 3.05) is 18.4 Å². The molecule has 0 aromatic heterocycles. The first kappa shape index (κ1) is 13.8. The molecule has 0 saturated carbocycles. The second-order valence-corrected chi connectivity index (χ2v) is 3.29. The maximum atomic E-state index is 13.3. The van der Waals surface area contributed by atoms with Crippen LogP contribution in [0.15, 0.2) is 12.1 Å². The summed E-state index contributed by atoms with van der Waals surface area (Å²) in [5.74, 6) is -3.84. The highest BCUT2D eigenvalue weighted by molar-refractivity contribution is 5.93. The zero-order valence-electron chi connectivity index (χ0n) is 9.17. The van der Waals surface area contributed by atoms with Gasteiger partial charge in [-0.3, -0.25) is 0 Å².